The molecule has 5 nitrogen and oxygen atoms in total. The number of carbonyl (C=O) groups is 1. The third-order valence-electron chi connectivity index (χ3n) is 3.13. The average molecular weight is 294 g/mol. The number of phenolic OH excluding ortho intramolecular Hbond substituents is 1. The van der Waals surface area contributed by atoms with Gasteiger partial charge in [-0.3, -0.25) is 9.78 Å². The Kier molecular flexibility index (Phi) is 3.87. The van der Waals surface area contributed by atoms with Crippen LogP contribution in [0.3, 0.4) is 0 Å². The molecule has 110 valence electrons. The normalized spacial score (nSPS) is 10.4. The maximum absolute atomic E-state index is 11.9. The topological polar surface area (TPSA) is 71.5 Å². The molecule has 0 aliphatic heterocycles. The molecular weight excluding hydrogens is 280 g/mol. The van der Waals surface area contributed by atoms with Gasteiger partial charge in [0.05, 0.1) is 5.69 Å². The molecule has 22 heavy (non-hydrogen) atoms. The summed E-state index contributed by atoms with van der Waals surface area (Å²) in [6.45, 7) is -0.163. The molecule has 2 N–H and O–H groups in total. The minimum absolute atomic E-state index is 0.0164. The number of anilines is 1. The third-order valence-corrected chi connectivity index (χ3v) is 3.13. The zero-order valence-corrected chi connectivity index (χ0v) is 11.7. The summed E-state index contributed by atoms with van der Waals surface area (Å²) in [7, 11) is 0. The summed E-state index contributed by atoms with van der Waals surface area (Å²) in [5.74, 6) is 0.211. The first-order valence-corrected chi connectivity index (χ1v) is 6.78. The van der Waals surface area contributed by atoms with E-state index in [-0.39, 0.29) is 18.3 Å². The van der Waals surface area contributed by atoms with E-state index >= 15 is 0 Å². The summed E-state index contributed by atoms with van der Waals surface area (Å²) < 4.78 is 5.54. The van der Waals surface area contributed by atoms with E-state index in [0.29, 0.717) is 17.0 Å². The van der Waals surface area contributed by atoms with Crippen molar-refractivity contribution in [1.29, 1.82) is 0 Å². The lowest BCUT2D eigenvalue weighted by molar-refractivity contribution is -0.118. The summed E-state index contributed by atoms with van der Waals surface area (Å²) in [4.78, 5) is 16.2. The standard InChI is InChI=1S/C17H14N2O3/c20-14-8-2-1-7-13(14)19-16(21)11-22-15-9-3-5-12-6-4-10-18-17(12)15/h1-10,20H,11H2,(H,19,21). The van der Waals surface area contributed by atoms with E-state index in [1.807, 2.05) is 24.3 Å². The molecule has 0 saturated carbocycles. The molecule has 3 rings (SSSR count). The zero-order chi connectivity index (χ0) is 15.4. The van der Waals surface area contributed by atoms with Gasteiger partial charge in [-0.05, 0) is 24.3 Å². The number of nitrogens with zero attached hydrogens (tertiary/aromatic N) is 1. The van der Waals surface area contributed by atoms with Crippen LogP contribution < -0.4 is 10.1 Å². The molecule has 0 spiro atoms. The first-order valence-electron chi connectivity index (χ1n) is 6.78. The number of nitrogens with one attached hydrogen (secondary N) is 1. The van der Waals surface area contributed by atoms with Gasteiger partial charge in [0.25, 0.3) is 5.91 Å². The molecule has 3 aromatic rings. The molecule has 5 heteroatoms. The highest BCUT2D eigenvalue weighted by Crippen LogP contribution is 2.24. The van der Waals surface area contributed by atoms with E-state index in [1.54, 1.807) is 30.5 Å². The van der Waals surface area contributed by atoms with Crippen LogP contribution in [0.15, 0.2) is 60.8 Å². The lowest BCUT2D eigenvalue weighted by Gasteiger charge is -2.10. The number of benzene rings is 2. The number of pyridine rings is 1. The predicted molar refractivity (Wildman–Crippen MR) is 84.0 cm³/mol. The van der Waals surface area contributed by atoms with E-state index < -0.39 is 0 Å². The van der Waals surface area contributed by atoms with Crippen LogP contribution in [0.5, 0.6) is 11.5 Å². The third kappa shape index (κ3) is 2.98. The molecule has 1 amide bonds. The van der Waals surface area contributed by atoms with E-state index in [4.69, 9.17) is 4.74 Å². The van der Waals surface area contributed by atoms with Crippen LogP contribution in [-0.4, -0.2) is 22.6 Å². The van der Waals surface area contributed by atoms with Crippen LogP contribution in [0.1, 0.15) is 0 Å². The van der Waals surface area contributed by atoms with Crippen LogP contribution >= 0.6 is 0 Å². The molecule has 0 aliphatic rings. The van der Waals surface area contributed by atoms with Crippen molar-refractivity contribution in [2.45, 2.75) is 0 Å². The number of hydrogen-bond donors (Lipinski definition) is 2. The SMILES string of the molecule is O=C(COc1cccc2cccnc12)Nc1ccccc1O. The Balaban J connectivity index is 1.69. The highest BCUT2D eigenvalue weighted by atomic mass is 16.5. The Morgan fingerprint density at radius 1 is 1.09 bits per heavy atom. The number of ether oxygens (including phenoxy) is 1. The maximum Gasteiger partial charge on any atom is 0.262 e. The van der Waals surface area contributed by atoms with Crippen molar-refractivity contribution in [2.75, 3.05) is 11.9 Å². The average Bonchev–Trinajstić information content (AvgIpc) is 2.55. The Morgan fingerprint density at radius 2 is 1.91 bits per heavy atom. The second kappa shape index (κ2) is 6.13. The molecule has 0 fully saturated rings. The van der Waals surface area contributed by atoms with Gasteiger partial charge in [-0.25, -0.2) is 0 Å². The van der Waals surface area contributed by atoms with E-state index in [0.717, 1.165) is 5.39 Å². The van der Waals surface area contributed by atoms with Crippen molar-refractivity contribution >= 4 is 22.5 Å². The van der Waals surface area contributed by atoms with E-state index in [9.17, 15) is 9.90 Å². The van der Waals surface area contributed by atoms with Gasteiger partial charge in [-0.1, -0.05) is 30.3 Å². The number of para-hydroxylation sites is 3. The zero-order valence-electron chi connectivity index (χ0n) is 11.7. The summed E-state index contributed by atoms with van der Waals surface area (Å²) in [5, 5.41) is 13.2. The minimum atomic E-state index is -0.352. The molecule has 1 aromatic heterocycles. The van der Waals surface area contributed by atoms with E-state index in [1.165, 1.54) is 6.07 Å². The number of aromatic nitrogens is 1. The van der Waals surface area contributed by atoms with Crippen molar-refractivity contribution in [2.24, 2.45) is 0 Å². The van der Waals surface area contributed by atoms with Gasteiger partial charge in [0.1, 0.15) is 17.0 Å². The molecule has 1 heterocycles. The molecule has 0 saturated heterocycles. The number of aromatic hydroxyl groups is 1. The second-order valence-corrected chi connectivity index (χ2v) is 4.69. The van der Waals surface area contributed by atoms with Gasteiger partial charge in [0.15, 0.2) is 6.61 Å². The summed E-state index contributed by atoms with van der Waals surface area (Å²) >= 11 is 0. The molecule has 2 aromatic carbocycles. The van der Waals surface area contributed by atoms with Crippen molar-refractivity contribution < 1.29 is 14.6 Å². The van der Waals surface area contributed by atoms with Gasteiger partial charge in [-0.2, -0.15) is 0 Å². The molecule has 0 radical (unpaired) electrons. The maximum atomic E-state index is 11.9. The number of amides is 1. The minimum Gasteiger partial charge on any atom is -0.506 e. The van der Waals surface area contributed by atoms with Crippen LogP contribution in [0.4, 0.5) is 5.69 Å². The smallest absolute Gasteiger partial charge is 0.262 e. The molecule has 0 atom stereocenters. The lowest BCUT2D eigenvalue weighted by atomic mass is 10.2. The quantitative estimate of drug-likeness (QED) is 0.726. The molecule has 0 unspecified atom stereocenters. The van der Waals surface area contributed by atoms with Crippen molar-refractivity contribution in [3.63, 3.8) is 0 Å². The Labute approximate surface area is 127 Å². The fourth-order valence-corrected chi connectivity index (χ4v) is 2.10. The Morgan fingerprint density at radius 3 is 2.77 bits per heavy atom. The summed E-state index contributed by atoms with van der Waals surface area (Å²) in [5.41, 5.74) is 1.06. The van der Waals surface area contributed by atoms with Crippen molar-refractivity contribution in [3.05, 3.63) is 60.8 Å². The second-order valence-electron chi connectivity index (χ2n) is 4.69. The lowest BCUT2D eigenvalue weighted by Crippen LogP contribution is -2.20. The Bertz CT molecular complexity index is 812. The number of carbonyl (C=O) groups excluding carboxylic acids is 1. The van der Waals surface area contributed by atoms with Gasteiger partial charge >= 0.3 is 0 Å². The van der Waals surface area contributed by atoms with Crippen LogP contribution in [0.25, 0.3) is 10.9 Å². The van der Waals surface area contributed by atoms with E-state index in [2.05, 4.69) is 10.3 Å². The van der Waals surface area contributed by atoms with Gasteiger partial charge in [0, 0.05) is 11.6 Å². The van der Waals surface area contributed by atoms with Crippen LogP contribution in [-0.2, 0) is 4.79 Å². The fraction of sp³-hybridized carbons (Fsp3) is 0.0588. The first-order chi connectivity index (χ1) is 10.7. The molecular formula is C17H14N2O3. The van der Waals surface area contributed by atoms with Gasteiger partial charge in [0.2, 0.25) is 0 Å². The monoisotopic (exact) mass is 294 g/mol. The number of fused-ring (bicyclic) bond motifs is 1. The number of rotatable bonds is 4. The highest BCUT2D eigenvalue weighted by molar-refractivity contribution is 5.93. The summed E-state index contributed by atoms with van der Waals surface area (Å²) in [6, 6.07) is 15.8. The Hall–Kier alpha value is -3.08. The van der Waals surface area contributed by atoms with Gasteiger partial charge in [-0.15, -0.1) is 0 Å². The van der Waals surface area contributed by atoms with Crippen LogP contribution in [0.2, 0.25) is 0 Å². The molecule has 0 aliphatic carbocycles. The predicted octanol–water partition coefficient (Wildman–Crippen LogP) is 2.96. The fourth-order valence-electron chi connectivity index (χ4n) is 2.10. The number of hydrogen-bond acceptors (Lipinski definition) is 4. The number of phenols is 1. The van der Waals surface area contributed by atoms with Crippen molar-refractivity contribution in [1.82, 2.24) is 4.98 Å². The highest BCUT2D eigenvalue weighted by Gasteiger charge is 2.08. The molecule has 0 bridgehead atoms. The van der Waals surface area contributed by atoms with Gasteiger partial charge < -0.3 is 15.2 Å². The largest absolute Gasteiger partial charge is 0.506 e. The summed E-state index contributed by atoms with van der Waals surface area (Å²) in [6.07, 6.45) is 1.68. The first kappa shape index (κ1) is 13.9. The van der Waals surface area contributed by atoms with Crippen LogP contribution in [0, 0.1) is 0 Å². The van der Waals surface area contributed by atoms with Crippen molar-refractivity contribution in [3.8, 4) is 11.5 Å².